The SMILES string of the molecule is CCOc1ccccc1/C=C(\NC(=O)c1ccccc1)C(=O)Nc1ccc(SCC(=O)Nc2ccccn2)cc1. The van der Waals surface area contributed by atoms with Crippen LogP contribution in [0.4, 0.5) is 11.5 Å². The van der Waals surface area contributed by atoms with E-state index < -0.39 is 11.8 Å². The van der Waals surface area contributed by atoms with E-state index in [1.165, 1.54) is 11.8 Å². The van der Waals surface area contributed by atoms with Crippen molar-refractivity contribution in [3.05, 3.63) is 120 Å². The smallest absolute Gasteiger partial charge is 0.272 e. The first-order valence-corrected chi connectivity index (χ1v) is 13.6. The third-order valence-corrected chi connectivity index (χ3v) is 6.47. The molecule has 0 saturated carbocycles. The fourth-order valence-electron chi connectivity index (χ4n) is 3.58. The Balaban J connectivity index is 1.45. The van der Waals surface area contributed by atoms with Gasteiger partial charge in [0, 0.05) is 27.9 Å². The van der Waals surface area contributed by atoms with E-state index in [0.29, 0.717) is 35.0 Å². The molecule has 4 aromatic rings. The Kier molecular flexibility index (Phi) is 10.1. The van der Waals surface area contributed by atoms with Gasteiger partial charge in [0.1, 0.15) is 17.3 Å². The second kappa shape index (κ2) is 14.3. The summed E-state index contributed by atoms with van der Waals surface area (Å²) < 4.78 is 5.69. The number of hydrogen-bond acceptors (Lipinski definition) is 6. The van der Waals surface area contributed by atoms with Crippen LogP contribution in [0, 0.1) is 0 Å². The number of nitrogens with zero attached hydrogens (tertiary/aromatic N) is 1. The zero-order valence-electron chi connectivity index (χ0n) is 21.8. The lowest BCUT2D eigenvalue weighted by molar-refractivity contribution is -0.114. The maximum atomic E-state index is 13.3. The van der Waals surface area contributed by atoms with E-state index in [0.717, 1.165) is 4.90 Å². The fraction of sp³-hybridized carbons (Fsp3) is 0.0968. The molecule has 0 atom stereocenters. The Morgan fingerprint density at radius 3 is 2.30 bits per heavy atom. The number of aromatic nitrogens is 1. The van der Waals surface area contributed by atoms with Gasteiger partial charge in [-0.15, -0.1) is 11.8 Å². The minimum absolute atomic E-state index is 0.0608. The lowest BCUT2D eigenvalue weighted by Crippen LogP contribution is -2.30. The number of para-hydroxylation sites is 1. The zero-order chi connectivity index (χ0) is 28.2. The first-order valence-electron chi connectivity index (χ1n) is 12.6. The Morgan fingerprint density at radius 2 is 1.57 bits per heavy atom. The van der Waals surface area contributed by atoms with Gasteiger partial charge in [0.05, 0.1) is 12.4 Å². The summed E-state index contributed by atoms with van der Waals surface area (Å²) in [6, 6.07) is 28.3. The van der Waals surface area contributed by atoms with Crippen molar-refractivity contribution in [2.45, 2.75) is 11.8 Å². The molecule has 0 aliphatic heterocycles. The van der Waals surface area contributed by atoms with E-state index in [2.05, 4.69) is 20.9 Å². The summed E-state index contributed by atoms with van der Waals surface area (Å²) in [7, 11) is 0. The fourth-order valence-corrected chi connectivity index (χ4v) is 4.28. The molecule has 9 heteroatoms. The van der Waals surface area contributed by atoms with Crippen molar-refractivity contribution in [3.63, 3.8) is 0 Å². The van der Waals surface area contributed by atoms with E-state index in [-0.39, 0.29) is 17.4 Å². The van der Waals surface area contributed by atoms with Crippen molar-refractivity contribution < 1.29 is 19.1 Å². The summed E-state index contributed by atoms with van der Waals surface area (Å²) in [6.07, 6.45) is 3.20. The molecule has 0 spiro atoms. The maximum absolute atomic E-state index is 13.3. The highest BCUT2D eigenvalue weighted by molar-refractivity contribution is 8.00. The number of pyridine rings is 1. The molecule has 40 heavy (non-hydrogen) atoms. The second-order valence-electron chi connectivity index (χ2n) is 8.38. The molecule has 4 rings (SSSR count). The predicted molar refractivity (Wildman–Crippen MR) is 158 cm³/mol. The first-order chi connectivity index (χ1) is 19.5. The van der Waals surface area contributed by atoms with Gasteiger partial charge in [-0.2, -0.15) is 0 Å². The van der Waals surface area contributed by atoms with Gasteiger partial charge in [-0.05, 0) is 67.6 Å². The van der Waals surface area contributed by atoms with Gasteiger partial charge in [-0.3, -0.25) is 14.4 Å². The third-order valence-electron chi connectivity index (χ3n) is 5.46. The highest BCUT2D eigenvalue weighted by atomic mass is 32.2. The molecule has 0 unspecified atom stereocenters. The highest BCUT2D eigenvalue weighted by Crippen LogP contribution is 2.23. The Labute approximate surface area is 236 Å². The van der Waals surface area contributed by atoms with Gasteiger partial charge in [0.25, 0.3) is 11.8 Å². The summed E-state index contributed by atoms with van der Waals surface area (Å²) in [5, 5.41) is 8.32. The molecule has 202 valence electrons. The van der Waals surface area contributed by atoms with Gasteiger partial charge in [0.2, 0.25) is 5.91 Å². The second-order valence-corrected chi connectivity index (χ2v) is 9.43. The highest BCUT2D eigenvalue weighted by Gasteiger charge is 2.16. The monoisotopic (exact) mass is 552 g/mol. The molecule has 3 N–H and O–H groups in total. The summed E-state index contributed by atoms with van der Waals surface area (Å²) in [6.45, 7) is 2.33. The molecule has 0 bridgehead atoms. The average Bonchev–Trinajstić information content (AvgIpc) is 2.98. The summed E-state index contributed by atoms with van der Waals surface area (Å²) in [5.41, 5.74) is 1.67. The number of thioether (sulfide) groups is 1. The summed E-state index contributed by atoms with van der Waals surface area (Å²) in [5.74, 6) is 0.227. The van der Waals surface area contributed by atoms with Gasteiger partial charge < -0.3 is 20.7 Å². The first kappa shape index (κ1) is 28.1. The van der Waals surface area contributed by atoms with Crippen LogP contribution in [0.5, 0.6) is 5.75 Å². The number of amides is 3. The van der Waals surface area contributed by atoms with Gasteiger partial charge in [0.15, 0.2) is 0 Å². The van der Waals surface area contributed by atoms with Crippen LogP contribution in [0.25, 0.3) is 6.08 Å². The number of carbonyl (C=O) groups is 3. The summed E-state index contributed by atoms with van der Waals surface area (Å²) >= 11 is 1.36. The van der Waals surface area contributed by atoms with Crippen molar-refractivity contribution in [1.82, 2.24) is 10.3 Å². The van der Waals surface area contributed by atoms with Crippen molar-refractivity contribution >= 4 is 47.1 Å². The lowest BCUT2D eigenvalue weighted by atomic mass is 10.1. The third kappa shape index (κ3) is 8.31. The Bertz CT molecular complexity index is 1480. The molecule has 8 nitrogen and oxygen atoms in total. The lowest BCUT2D eigenvalue weighted by Gasteiger charge is -2.13. The molecule has 3 amide bonds. The maximum Gasteiger partial charge on any atom is 0.272 e. The van der Waals surface area contributed by atoms with Gasteiger partial charge >= 0.3 is 0 Å². The Morgan fingerprint density at radius 1 is 0.850 bits per heavy atom. The van der Waals surface area contributed by atoms with E-state index in [1.54, 1.807) is 72.9 Å². The molecule has 3 aromatic carbocycles. The number of nitrogens with one attached hydrogen (secondary N) is 3. The molecular formula is C31H28N4O4S. The minimum Gasteiger partial charge on any atom is -0.493 e. The number of hydrogen-bond donors (Lipinski definition) is 3. The number of anilines is 2. The topological polar surface area (TPSA) is 109 Å². The van der Waals surface area contributed by atoms with E-state index in [4.69, 9.17) is 4.74 Å². The van der Waals surface area contributed by atoms with Crippen LogP contribution < -0.4 is 20.7 Å². The van der Waals surface area contributed by atoms with Crippen molar-refractivity contribution in [1.29, 1.82) is 0 Å². The van der Waals surface area contributed by atoms with E-state index >= 15 is 0 Å². The Hall–Kier alpha value is -4.89. The van der Waals surface area contributed by atoms with Crippen LogP contribution >= 0.6 is 11.8 Å². The van der Waals surface area contributed by atoms with Crippen LogP contribution in [0.1, 0.15) is 22.8 Å². The van der Waals surface area contributed by atoms with Crippen LogP contribution in [0.2, 0.25) is 0 Å². The summed E-state index contributed by atoms with van der Waals surface area (Å²) in [4.78, 5) is 43.4. The quantitative estimate of drug-likeness (QED) is 0.165. The number of rotatable bonds is 11. The molecule has 0 saturated heterocycles. The molecular weight excluding hydrogens is 524 g/mol. The molecule has 1 heterocycles. The number of ether oxygens (including phenoxy) is 1. The van der Waals surface area contributed by atoms with Crippen LogP contribution in [-0.4, -0.2) is 35.1 Å². The molecule has 1 aromatic heterocycles. The van der Waals surface area contributed by atoms with Crippen molar-refractivity contribution in [2.75, 3.05) is 23.0 Å². The van der Waals surface area contributed by atoms with Gasteiger partial charge in [-0.25, -0.2) is 4.98 Å². The van der Waals surface area contributed by atoms with Crippen molar-refractivity contribution in [2.24, 2.45) is 0 Å². The number of carbonyl (C=O) groups excluding carboxylic acids is 3. The van der Waals surface area contributed by atoms with Crippen LogP contribution in [0.15, 0.2) is 114 Å². The van der Waals surface area contributed by atoms with Crippen molar-refractivity contribution in [3.8, 4) is 5.75 Å². The normalized spacial score (nSPS) is 10.9. The van der Waals surface area contributed by atoms with Crippen LogP contribution in [-0.2, 0) is 9.59 Å². The van der Waals surface area contributed by atoms with Gasteiger partial charge in [-0.1, -0.05) is 42.5 Å². The van der Waals surface area contributed by atoms with E-state index in [9.17, 15) is 14.4 Å². The van der Waals surface area contributed by atoms with Crippen LogP contribution in [0.3, 0.4) is 0 Å². The molecule has 0 aliphatic rings. The predicted octanol–water partition coefficient (Wildman–Crippen LogP) is 5.62. The molecule has 0 fully saturated rings. The molecule has 0 aliphatic carbocycles. The zero-order valence-corrected chi connectivity index (χ0v) is 22.6. The average molecular weight is 553 g/mol. The number of benzene rings is 3. The minimum atomic E-state index is -0.495. The van der Waals surface area contributed by atoms with E-state index in [1.807, 2.05) is 43.3 Å². The molecule has 0 radical (unpaired) electrons. The standard InChI is InChI=1S/C31H28N4O4S/c1-2-39-27-13-7-6-12-23(27)20-26(34-30(37)22-10-4-3-5-11-22)31(38)33-24-15-17-25(18-16-24)40-21-29(36)35-28-14-8-9-19-32-28/h3-20H,2,21H2,1H3,(H,33,38)(H,34,37)(H,32,35,36)/b26-20-. The largest absolute Gasteiger partial charge is 0.493 e.